The highest BCUT2D eigenvalue weighted by atomic mass is 32.2. The van der Waals surface area contributed by atoms with Gasteiger partial charge in [0.2, 0.25) is 5.91 Å². The average molecular weight is 408 g/mol. The summed E-state index contributed by atoms with van der Waals surface area (Å²) >= 11 is 1.76. The maximum Gasteiger partial charge on any atom is 0.219 e. The first-order valence-corrected chi connectivity index (χ1v) is 11.2. The maximum absolute atomic E-state index is 11.4. The molecule has 0 saturated heterocycles. The summed E-state index contributed by atoms with van der Waals surface area (Å²) in [6.07, 6.45) is 1.45. The van der Waals surface area contributed by atoms with Crippen molar-refractivity contribution < 1.29 is 4.79 Å². The first-order valence-electron chi connectivity index (χ1n) is 10.2. The molecule has 1 heterocycles. The lowest BCUT2D eigenvalue weighted by Crippen LogP contribution is -2.23. The highest BCUT2D eigenvalue weighted by Gasteiger charge is 2.21. The van der Waals surface area contributed by atoms with Crippen LogP contribution in [0.3, 0.4) is 0 Å². The van der Waals surface area contributed by atoms with Crippen LogP contribution >= 0.6 is 11.8 Å². The molecule has 1 N–H and O–H groups in total. The van der Waals surface area contributed by atoms with E-state index in [-0.39, 0.29) is 11.9 Å². The number of rotatable bonds is 9. The molecule has 29 heavy (non-hydrogen) atoms. The highest BCUT2D eigenvalue weighted by Crippen LogP contribution is 2.38. The molecule has 0 atom stereocenters. The third kappa shape index (κ3) is 5.30. The molecule has 0 fully saturated rings. The molecule has 0 aliphatic carbocycles. The average Bonchev–Trinajstić information content (AvgIpc) is 3.14. The molecule has 5 heteroatoms. The van der Waals surface area contributed by atoms with Gasteiger partial charge in [-0.05, 0) is 20.3 Å². The van der Waals surface area contributed by atoms with Crippen LogP contribution in [0.25, 0.3) is 22.5 Å². The van der Waals surface area contributed by atoms with Crippen LogP contribution < -0.4 is 5.32 Å². The van der Waals surface area contributed by atoms with E-state index in [4.69, 9.17) is 4.98 Å². The Bertz CT molecular complexity index is 920. The zero-order valence-corrected chi connectivity index (χ0v) is 18.2. The largest absolute Gasteiger partial charge is 0.356 e. The van der Waals surface area contributed by atoms with Crippen LogP contribution in [0.1, 0.15) is 39.7 Å². The van der Waals surface area contributed by atoms with E-state index >= 15 is 0 Å². The first kappa shape index (κ1) is 21.2. The van der Waals surface area contributed by atoms with Crippen molar-refractivity contribution >= 4 is 17.7 Å². The van der Waals surface area contributed by atoms with Gasteiger partial charge >= 0.3 is 0 Å². The smallest absolute Gasteiger partial charge is 0.219 e. The van der Waals surface area contributed by atoms with Crippen molar-refractivity contribution in [2.24, 2.45) is 0 Å². The van der Waals surface area contributed by atoms with Crippen molar-refractivity contribution in [1.29, 1.82) is 0 Å². The standard InChI is InChI=1S/C24H29N3OS/c1-4-21(28)25-16-11-17-29-24-26-22(19-12-7-5-8-13-19)23(27(24)18(2)3)20-14-9-6-10-15-20/h5-10,12-15,18H,4,11,16-17H2,1-3H3,(H,25,28). The number of thioether (sulfide) groups is 1. The molecule has 0 saturated carbocycles. The van der Waals surface area contributed by atoms with E-state index in [0.717, 1.165) is 34.3 Å². The third-order valence-corrected chi connectivity index (χ3v) is 5.72. The zero-order chi connectivity index (χ0) is 20.6. The monoisotopic (exact) mass is 407 g/mol. The predicted octanol–water partition coefficient (Wildman–Crippen LogP) is 5.81. The summed E-state index contributed by atoms with van der Waals surface area (Å²) in [5.74, 6) is 1.02. The Morgan fingerprint density at radius 1 is 1.03 bits per heavy atom. The van der Waals surface area contributed by atoms with Gasteiger partial charge in [0.1, 0.15) is 0 Å². The Hall–Kier alpha value is -2.53. The molecule has 0 aliphatic heterocycles. The van der Waals surface area contributed by atoms with Crippen LogP contribution in [0.2, 0.25) is 0 Å². The van der Waals surface area contributed by atoms with Gasteiger partial charge in [-0.2, -0.15) is 0 Å². The molecule has 0 aliphatic rings. The van der Waals surface area contributed by atoms with E-state index in [9.17, 15) is 4.79 Å². The van der Waals surface area contributed by atoms with Crippen LogP contribution in [0.4, 0.5) is 0 Å². The summed E-state index contributed by atoms with van der Waals surface area (Å²) in [7, 11) is 0. The molecule has 4 nitrogen and oxygen atoms in total. The number of hydrogen-bond donors (Lipinski definition) is 1. The lowest BCUT2D eigenvalue weighted by molar-refractivity contribution is -0.120. The topological polar surface area (TPSA) is 46.9 Å². The number of aromatic nitrogens is 2. The molecule has 0 spiro atoms. The van der Waals surface area contributed by atoms with Crippen molar-refractivity contribution in [2.45, 2.75) is 44.8 Å². The summed E-state index contributed by atoms with van der Waals surface area (Å²) in [5, 5.41) is 3.97. The van der Waals surface area contributed by atoms with Gasteiger partial charge in [0.25, 0.3) is 0 Å². The fourth-order valence-electron chi connectivity index (χ4n) is 3.25. The van der Waals surface area contributed by atoms with Crippen LogP contribution in [-0.4, -0.2) is 27.8 Å². The Balaban J connectivity index is 1.92. The maximum atomic E-state index is 11.4. The molecule has 152 valence electrons. The third-order valence-electron chi connectivity index (χ3n) is 4.69. The molecule has 0 bridgehead atoms. The number of carbonyl (C=O) groups excluding carboxylic acids is 1. The Kier molecular flexibility index (Phi) is 7.53. The van der Waals surface area contributed by atoms with Gasteiger partial charge in [-0.3, -0.25) is 4.79 Å². The van der Waals surface area contributed by atoms with E-state index in [1.807, 2.05) is 19.1 Å². The molecule has 0 radical (unpaired) electrons. The van der Waals surface area contributed by atoms with E-state index in [1.165, 1.54) is 5.56 Å². The number of amides is 1. The molecular formula is C24H29N3OS. The molecule has 3 aromatic rings. The summed E-state index contributed by atoms with van der Waals surface area (Å²) in [6, 6.07) is 21.2. The van der Waals surface area contributed by atoms with Gasteiger partial charge in [-0.25, -0.2) is 4.98 Å². The normalized spacial score (nSPS) is 11.0. The molecule has 1 aromatic heterocycles. The minimum atomic E-state index is 0.108. The lowest BCUT2D eigenvalue weighted by atomic mass is 10.0. The van der Waals surface area contributed by atoms with E-state index in [2.05, 4.69) is 72.3 Å². The minimum absolute atomic E-state index is 0.108. The van der Waals surface area contributed by atoms with E-state index in [0.29, 0.717) is 13.0 Å². The van der Waals surface area contributed by atoms with Gasteiger partial charge in [0, 0.05) is 35.9 Å². The molecule has 3 rings (SSSR count). The summed E-state index contributed by atoms with van der Waals surface area (Å²) in [6.45, 7) is 6.99. The van der Waals surface area contributed by atoms with Crippen LogP contribution in [0.15, 0.2) is 65.8 Å². The quantitative estimate of drug-likeness (QED) is 0.360. The van der Waals surface area contributed by atoms with Crippen LogP contribution in [-0.2, 0) is 4.79 Å². The van der Waals surface area contributed by atoms with Crippen molar-refractivity contribution in [2.75, 3.05) is 12.3 Å². The van der Waals surface area contributed by atoms with Gasteiger partial charge in [0.05, 0.1) is 11.4 Å². The number of benzene rings is 2. The number of nitrogens with zero attached hydrogens (tertiary/aromatic N) is 2. The molecule has 2 aromatic carbocycles. The van der Waals surface area contributed by atoms with Gasteiger partial charge < -0.3 is 9.88 Å². The zero-order valence-electron chi connectivity index (χ0n) is 17.4. The van der Waals surface area contributed by atoms with Gasteiger partial charge in [-0.15, -0.1) is 0 Å². The predicted molar refractivity (Wildman–Crippen MR) is 122 cm³/mol. The fourth-order valence-corrected chi connectivity index (χ4v) is 4.32. The summed E-state index contributed by atoms with van der Waals surface area (Å²) in [5.41, 5.74) is 4.48. The second-order valence-corrected chi connectivity index (χ2v) is 8.25. The fraction of sp³-hybridized carbons (Fsp3) is 0.333. The van der Waals surface area contributed by atoms with Gasteiger partial charge in [0.15, 0.2) is 5.16 Å². The Morgan fingerprint density at radius 2 is 1.66 bits per heavy atom. The van der Waals surface area contributed by atoms with Crippen molar-refractivity contribution in [3.63, 3.8) is 0 Å². The van der Waals surface area contributed by atoms with Gasteiger partial charge in [-0.1, -0.05) is 79.3 Å². The minimum Gasteiger partial charge on any atom is -0.356 e. The van der Waals surface area contributed by atoms with E-state index in [1.54, 1.807) is 11.8 Å². The lowest BCUT2D eigenvalue weighted by Gasteiger charge is -2.16. The summed E-state index contributed by atoms with van der Waals surface area (Å²) in [4.78, 5) is 16.5. The van der Waals surface area contributed by atoms with Crippen LogP contribution in [0, 0.1) is 0 Å². The SMILES string of the molecule is CCC(=O)NCCCSc1nc(-c2ccccc2)c(-c2ccccc2)n1C(C)C. The first-order chi connectivity index (χ1) is 14.1. The summed E-state index contributed by atoms with van der Waals surface area (Å²) < 4.78 is 2.34. The Morgan fingerprint density at radius 3 is 2.24 bits per heavy atom. The van der Waals surface area contributed by atoms with Crippen molar-refractivity contribution in [3.8, 4) is 22.5 Å². The number of nitrogens with one attached hydrogen (secondary N) is 1. The van der Waals surface area contributed by atoms with E-state index < -0.39 is 0 Å². The number of hydrogen-bond acceptors (Lipinski definition) is 3. The molecular weight excluding hydrogens is 378 g/mol. The second kappa shape index (κ2) is 10.3. The van der Waals surface area contributed by atoms with Crippen LogP contribution in [0.5, 0.6) is 0 Å². The molecule has 0 unspecified atom stereocenters. The van der Waals surface area contributed by atoms with Crippen molar-refractivity contribution in [3.05, 3.63) is 60.7 Å². The van der Waals surface area contributed by atoms with Crippen molar-refractivity contribution in [1.82, 2.24) is 14.9 Å². The Labute approximate surface area is 177 Å². The highest BCUT2D eigenvalue weighted by molar-refractivity contribution is 7.99. The number of carbonyl (C=O) groups is 1. The number of imidazole rings is 1. The second-order valence-electron chi connectivity index (χ2n) is 7.19. The molecule has 1 amide bonds.